The third-order valence-corrected chi connectivity index (χ3v) is 4.04. The van der Waals surface area contributed by atoms with Gasteiger partial charge >= 0.3 is 0 Å². The molecule has 23 heavy (non-hydrogen) atoms. The summed E-state index contributed by atoms with van der Waals surface area (Å²) >= 11 is 0. The van der Waals surface area contributed by atoms with Crippen molar-refractivity contribution in [2.75, 3.05) is 37.0 Å². The minimum absolute atomic E-state index is 0.341. The van der Waals surface area contributed by atoms with Crippen LogP contribution in [0.1, 0.15) is 18.4 Å². The summed E-state index contributed by atoms with van der Waals surface area (Å²) in [6.45, 7) is 2.51. The van der Waals surface area contributed by atoms with E-state index in [2.05, 4.69) is 32.2 Å². The maximum absolute atomic E-state index is 5.50. The fourth-order valence-electron chi connectivity index (χ4n) is 2.66. The summed E-state index contributed by atoms with van der Waals surface area (Å²) in [6.07, 6.45) is 8.45. The molecule has 1 aliphatic rings. The molecular weight excluding hydrogens is 290 g/mol. The zero-order valence-electron chi connectivity index (χ0n) is 13.5. The molecule has 0 aromatic carbocycles. The van der Waals surface area contributed by atoms with Gasteiger partial charge in [-0.25, -0.2) is 9.97 Å². The van der Waals surface area contributed by atoms with Gasteiger partial charge in [-0.1, -0.05) is 0 Å². The van der Waals surface area contributed by atoms with E-state index in [1.165, 1.54) is 5.56 Å². The van der Waals surface area contributed by atoms with Crippen LogP contribution in [0.5, 0.6) is 0 Å². The van der Waals surface area contributed by atoms with E-state index in [1.807, 2.05) is 30.6 Å². The van der Waals surface area contributed by atoms with Crippen LogP contribution in [0.3, 0.4) is 0 Å². The molecule has 1 fully saturated rings. The summed E-state index contributed by atoms with van der Waals surface area (Å²) in [6, 6.07) is 6.43. The summed E-state index contributed by atoms with van der Waals surface area (Å²) in [5.74, 6) is 1.79. The van der Waals surface area contributed by atoms with Gasteiger partial charge in [-0.05, 0) is 37.0 Å². The van der Waals surface area contributed by atoms with E-state index in [0.29, 0.717) is 6.04 Å². The second-order valence-electron chi connectivity index (χ2n) is 5.85. The summed E-state index contributed by atoms with van der Waals surface area (Å²) in [5, 5.41) is 3.44. The van der Waals surface area contributed by atoms with Gasteiger partial charge in [-0.15, -0.1) is 0 Å². The van der Waals surface area contributed by atoms with E-state index in [9.17, 15) is 0 Å². The average molecular weight is 313 g/mol. The number of aromatic nitrogens is 3. The molecule has 0 saturated carbocycles. The van der Waals surface area contributed by atoms with Gasteiger partial charge in [0.05, 0.1) is 12.6 Å². The molecule has 1 aliphatic heterocycles. The largest absolute Gasteiger partial charge is 0.379 e. The molecule has 2 aromatic heterocycles. The molecular formula is C17H23N5O. The Labute approximate surface area is 136 Å². The highest BCUT2D eigenvalue weighted by Crippen LogP contribution is 2.16. The van der Waals surface area contributed by atoms with Gasteiger partial charge in [0.2, 0.25) is 0 Å². The topological polar surface area (TPSA) is 63.2 Å². The van der Waals surface area contributed by atoms with Gasteiger partial charge in [0, 0.05) is 38.7 Å². The Morgan fingerprint density at radius 2 is 2.17 bits per heavy atom. The summed E-state index contributed by atoms with van der Waals surface area (Å²) in [4.78, 5) is 14.9. The molecule has 0 radical (unpaired) electrons. The van der Waals surface area contributed by atoms with Crippen molar-refractivity contribution in [3.63, 3.8) is 0 Å². The van der Waals surface area contributed by atoms with Gasteiger partial charge in [-0.2, -0.15) is 0 Å². The lowest BCUT2D eigenvalue weighted by molar-refractivity contribution is 0.0875. The van der Waals surface area contributed by atoms with E-state index < -0.39 is 0 Å². The molecule has 3 heterocycles. The number of ether oxygens (including phenoxy) is 1. The Bertz CT molecular complexity index is 601. The zero-order valence-corrected chi connectivity index (χ0v) is 13.5. The minimum atomic E-state index is 0.341. The van der Waals surface area contributed by atoms with E-state index in [4.69, 9.17) is 4.74 Å². The maximum Gasteiger partial charge on any atom is 0.133 e. The number of nitrogens with one attached hydrogen (secondary N) is 1. The normalized spacial score (nSPS) is 17.7. The van der Waals surface area contributed by atoms with Crippen molar-refractivity contribution in [2.45, 2.75) is 25.3 Å². The minimum Gasteiger partial charge on any atom is -0.379 e. The first-order valence-electron chi connectivity index (χ1n) is 8.07. The van der Waals surface area contributed by atoms with Crippen LogP contribution in [0.2, 0.25) is 0 Å². The predicted octanol–water partition coefficient (Wildman–Crippen LogP) is 2.14. The Balaban J connectivity index is 1.57. The Kier molecular flexibility index (Phi) is 5.37. The van der Waals surface area contributed by atoms with Crippen molar-refractivity contribution in [2.24, 2.45) is 0 Å². The smallest absolute Gasteiger partial charge is 0.133 e. The fraction of sp³-hybridized carbons (Fsp3) is 0.471. The van der Waals surface area contributed by atoms with Gasteiger partial charge in [0.1, 0.15) is 18.0 Å². The van der Waals surface area contributed by atoms with Gasteiger partial charge < -0.3 is 15.0 Å². The van der Waals surface area contributed by atoms with Crippen LogP contribution in [0.4, 0.5) is 11.6 Å². The SMILES string of the molecule is CN(CCc1ccncc1)c1cc(N[C@@H]2CCCOC2)ncn1. The van der Waals surface area contributed by atoms with Crippen molar-refractivity contribution in [1.82, 2.24) is 15.0 Å². The van der Waals surface area contributed by atoms with Crippen molar-refractivity contribution in [3.05, 3.63) is 42.5 Å². The lowest BCUT2D eigenvalue weighted by Gasteiger charge is -2.24. The summed E-state index contributed by atoms with van der Waals surface area (Å²) in [5.41, 5.74) is 1.28. The van der Waals surface area contributed by atoms with Crippen LogP contribution in [0, 0.1) is 0 Å². The molecule has 1 saturated heterocycles. The summed E-state index contributed by atoms with van der Waals surface area (Å²) < 4.78 is 5.50. The van der Waals surface area contributed by atoms with Crippen LogP contribution < -0.4 is 10.2 Å². The van der Waals surface area contributed by atoms with E-state index in [-0.39, 0.29) is 0 Å². The Hall–Kier alpha value is -2.21. The molecule has 1 atom stereocenters. The number of hydrogen-bond acceptors (Lipinski definition) is 6. The molecule has 0 spiro atoms. The van der Waals surface area contributed by atoms with Crippen LogP contribution in [-0.2, 0) is 11.2 Å². The van der Waals surface area contributed by atoms with Crippen LogP contribution >= 0.6 is 0 Å². The van der Waals surface area contributed by atoms with Crippen molar-refractivity contribution < 1.29 is 4.74 Å². The molecule has 6 heteroatoms. The molecule has 6 nitrogen and oxygen atoms in total. The quantitative estimate of drug-likeness (QED) is 0.881. The highest BCUT2D eigenvalue weighted by atomic mass is 16.5. The lowest BCUT2D eigenvalue weighted by atomic mass is 10.1. The fourth-order valence-corrected chi connectivity index (χ4v) is 2.66. The van der Waals surface area contributed by atoms with Crippen molar-refractivity contribution in [3.8, 4) is 0 Å². The van der Waals surface area contributed by atoms with Crippen LogP contribution in [0.15, 0.2) is 36.9 Å². The standard InChI is InChI=1S/C17H23N5O/c1-22(9-6-14-4-7-18-8-5-14)17-11-16(19-13-20-17)21-15-3-2-10-23-12-15/h4-5,7-8,11,13,15H,2-3,6,9-10,12H2,1H3,(H,19,20,21)/t15-/m1/s1. The molecule has 2 aromatic rings. The second kappa shape index (κ2) is 7.87. The number of anilines is 2. The zero-order chi connectivity index (χ0) is 15.9. The predicted molar refractivity (Wildman–Crippen MR) is 90.7 cm³/mol. The number of hydrogen-bond donors (Lipinski definition) is 1. The van der Waals surface area contributed by atoms with E-state index in [1.54, 1.807) is 6.33 Å². The summed E-state index contributed by atoms with van der Waals surface area (Å²) in [7, 11) is 2.05. The van der Waals surface area contributed by atoms with E-state index >= 15 is 0 Å². The molecule has 0 aliphatic carbocycles. The van der Waals surface area contributed by atoms with Crippen LogP contribution in [0.25, 0.3) is 0 Å². The first-order chi connectivity index (χ1) is 11.3. The number of nitrogens with zero attached hydrogens (tertiary/aromatic N) is 4. The average Bonchev–Trinajstić information content (AvgIpc) is 2.62. The number of likely N-dealkylation sites (N-methyl/N-ethyl adjacent to an activating group) is 1. The Morgan fingerprint density at radius 3 is 2.96 bits per heavy atom. The van der Waals surface area contributed by atoms with E-state index in [0.717, 1.165) is 50.7 Å². The molecule has 0 unspecified atom stereocenters. The molecule has 1 N–H and O–H groups in total. The first-order valence-corrected chi connectivity index (χ1v) is 8.07. The van der Waals surface area contributed by atoms with Gasteiger partial charge in [0.25, 0.3) is 0 Å². The second-order valence-corrected chi connectivity index (χ2v) is 5.85. The van der Waals surface area contributed by atoms with Crippen molar-refractivity contribution in [1.29, 1.82) is 0 Å². The monoisotopic (exact) mass is 313 g/mol. The highest BCUT2D eigenvalue weighted by molar-refractivity contribution is 5.48. The highest BCUT2D eigenvalue weighted by Gasteiger charge is 2.14. The maximum atomic E-state index is 5.50. The third-order valence-electron chi connectivity index (χ3n) is 4.04. The third kappa shape index (κ3) is 4.63. The van der Waals surface area contributed by atoms with Gasteiger partial charge in [-0.3, -0.25) is 4.98 Å². The Morgan fingerprint density at radius 1 is 1.30 bits per heavy atom. The molecule has 3 rings (SSSR count). The molecule has 0 amide bonds. The first kappa shape index (κ1) is 15.7. The molecule has 0 bridgehead atoms. The van der Waals surface area contributed by atoms with Gasteiger partial charge in [0.15, 0.2) is 0 Å². The lowest BCUT2D eigenvalue weighted by Crippen LogP contribution is -2.30. The van der Waals surface area contributed by atoms with Crippen LogP contribution in [-0.4, -0.2) is 47.8 Å². The van der Waals surface area contributed by atoms with Crippen molar-refractivity contribution >= 4 is 11.6 Å². The number of pyridine rings is 1. The number of rotatable bonds is 6. The molecule has 122 valence electrons.